The molecule has 0 saturated heterocycles. The number of nitro benzene ring substituents is 1. The van der Waals surface area contributed by atoms with Crippen LogP contribution in [-0.4, -0.2) is 14.9 Å². The molecule has 0 aliphatic heterocycles. The molecule has 4 aromatic rings. The lowest BCUT2D eigenvalue weighted by molar-refractivity contribution is -0.384. The molecular weight excluding hydrogens is 378 g/mol. The highest BCUT2D eigenvalue weighted by atomic mass is 32.2. The molecular formula is C20H15N3O2S2. The number of aryl methyl sites for hydroxylation is 1. The Labute approximate surface area is 164 Å². The van der Waals surface area contributed by atoms with Crippen LogP contribution in [0.5, 0.6) is 0 Å². The van der Waals surface area contributed by atoms with E-state index < -0.39 is 0 Å². The summed E-state index contributed by atoms with van der Waals surface area (Å²) >= 11 is 3.23. The molecule has 4 rings (SSSR count). The maximum atomic E-state index is 10.8. The van der Waals surface area contributed by atoms with E-state index in [9.17, 15) is 10.1 Å². The van der Waals surface area contributed by atoms with Gasteiger partial charge in [-0.2, -0.15) is 0 Å². The SMILES string of the molecule is Cc1ccc(-c2csc3ncnc(SCc4ccc([N+](=O)[O-])cc4)c23)cc1. The molecule has 0 spiro atoms. The average molecular weight is 393 g/mol. The summed E-state index contributed by atoms with van der Waals surface area (Å²) in [6.45, 7) is 2.07. The zero-order chi connectivity index (χ0) is 18.8. The third-order valence-electron chi connectivity index (χ3n) is 4.22. The second-order valence-corrected chi connectivity index (χ2v) is 7.91. The first kappa shape index (κ1) is 17.6. The number of benzene rings is 2. The van der Waals surface area contributed by atoms with Crippen molar-refractivity contribution in [3.8, 4) is 11.1 Å². The zero-order valence-corrected chi connectivity index (χ0v) is 16.1. The van der Waals surface area contributed by atoms with Crippen LogP contribution in [0.1, 0.15) is 11.1 Å². The minimum absolute atomic E-state index is 0.104. The van der Waals surface area contributed by atoms with Crippen molar-refractivity contribution in [3.05, 3.63) is 81.5 Å². The molecule has 0 aliphatic carbocycles. The minimum Gasteiger partial charge on any atom is -0.258 e. The molecule has 2 aromatic carbocycles. The quantitative estimate of drug-likeness (QED) is 0.184. The van der Waals surface area contributed by atoms with E-state index >= 15 is 0 Å². The van der Waals surface area contributed by atoms with E-state index in [2.05, 4.69) is 46.5 Å². The Kier molecular flexibility index (Phi) is 4.87. The van der Waals surface area contributed by atoms with Gasteiger partial charge in [-0.3, -0.25) is 10.1 Å². The van der Waals surface area contributed by atoms with Gasteiger partial charge in [0.25, 0.3) is 5.69 Å². The maximum absolute atomic E-state index is 10.8. The molecule has 0 aliphatic rings. The van der Waals surface area contributed by atoms with Crippen LogP contribution in [0.2, 0.25) is 0 Å². The van der Waals surface area contributed by atoms with Gasteiger partial charge in [-0.05, 0) is 18.1 Å². The van der Waals surface area contributed by atoms with Crippen LogP contribution in [0, 0.1) is 17.0 Å². The molecule has 2 heterocycles. The Balaban J connectivity index is 1.64. The molecule has 7 heteroatoms. The fraction of sp³-hybridized carbons (Fsp3) is 0.100. The molecule has 5 nitrogen and oxygen atoms in total. The van der Waals surface area contributed by atoms with E-state index in [1.807, 2.05) is 0 Å². The average Bonchev–Trinajstić information content (AvgIpc) is 3.12. The summed E-state index contributed by atoms with van der Waals surface area (Å²) in [6.07, 6.45) is 1.59. The van der Waals surface area contributed by atoms with E-state index in [0.29, 0.717) is 5.75 Å². The molecule has 0 N–H and O–H groups in total. The molecule has 0 fully saturated rings. The van der Waals surface area contributed by atoms with Crippen LogP contribution in [0.3, 0.4) is 0 Å². The summed E-state index contributed by atoms with van der Waals surface area (Å²) in [4.78, 5) is 20.3. The number of hydrogen-bond donors (Lipinski definition) is 0. The van der Waals surface area contributed by atoms with Gasteiger partial charge >= 0.3 is 0 Å². The van der Waals surface area contributed by atoms with Crippen LogP contribution in [0.15, 0.2) is 65.3 Å². The van der Waals surface area contributed by atoms with Crippen molar-refractivity contribution < 1.29 is 4.92 Å². The molecule has 0 amide bonds. The number of nitrogens with zero attached hydrogens (tertiary/aromatic N) is 3. The minimum atomic E-state index is -0.385. The lowest BCUT2D eigenvalue weighted by Crippen LogP contribution is -1.89. The molecule has 0 bridgehead atoms. The van der Waals surface area contributed by atoms with E-state index in [-0.39, 0.29) is 10.6 Å². The van der Waals surface area contributed by atoms with Crippen LogP contribution < -0.4 is 0 Å². The monoisotopic (exact) mass is 393 g/mol. The van der Waals surface area contributed by atoms with Crippen LogP contribution in [0.25, 0.3) is 21.3 Å². The lowest BCUT2D eigenvalue weighted by atomic mass is 10.1. The zero-order valence-electron chi connectivity index (χ0n) is 14.5. The van der Waals surface area contributed by atoms with E-state index in [4.69, 9.17) is 0 Å². The van der Waals surface area contributed by atoms with Gasteiger partial charge in [0.15, 0.2) is 0 Å². The van der Waals surface area contributed by atoms with Gasteiger partial charge in [-0.15, -0.1) is 23.1 Å². The third-order valence-corrected chi connectivity index (χ3v) is 6.17. The number of thioether (sulfide) groups is 1. The first-order chi connectivity index (χ1) is 13.1. The van der Waals surface area contributed by atoms with Crippen molar-refractivity contribution in [2.45, 2.75) is 17.7 Å². The van der Waals surface area contributed by atoms with Crippen molar-refractivity contribution in [2.24, 2.45) is 0 Å². The fourth-order valence-electron chi connectivity index (χ4n) is 2.77. The van der Waals surface area contributed by atoms with Gasteiger partial charge in [0, 0.05) is 28.8 Å². The highest BCUT2D eigenvalue weighted by Crippen LogP contribution is 2.38. The molecule has 0 saturated carbocycles. The number of hydrogen-bond acceptors (Lipinski definition) is 6. The van der Waals surface area contributed by atoms with Gasteiger partial charge in [0.05, 0.1) is 10.3 Å². The molecule has 0 atom stereocenters. The Morgan fingerprint density at radius 3 is 2.52 bits per heavy atom. The summed E-state index contributed by atoms with van der Waals surface area (Å²) in [5, 5.41) is 14.9. The molecule has 2 aromatic heterocycles. The number of nitro groups is 1. The summed E-state index contributed by atoms with van der Waals surface area (Å²) in [5.41, 5.74) is 4.64. The smallest absolute Gasteiger partial charge is 0.258 e. The summed E-state index contributed by atoms with van der Waals surface area (Å²) < 4.78 is 0. The van der Waals surface area contributed by atoms with Gasteiger partial charge < -0.3 is 0 Å². The number of non-ortho nitro benzene ring substituents is 1. The number of aromatic nitrogens is 2. The highest BCUT2D eigenvalue weighted by Gasteiger charge is 2.14. The fourth-order valence-corrected chi connectivity index (χ4v) is 4.72. The van der Waals surface area contributed by atoms with Crippen LogP contribution in [-0.2, 0) is 5.75 Å². The van der Waals surface area contributed by atoms with Crippen LogP contribution in [0.4, 0.5) is 5.69 Å². The van der Waals surface area contributed by atoms with E-state index in [0.717, 1.165) is 31.9 Å². The molecule has 134 valence electrons. The summed E-state index contributed by atoms with van der Waals surface area (Å²) in [5.74, 6) is 0.688. The largest absolute Gasteiger partial charge is 0.269 e. The normalized spacial score (nSPS) is 11.0. The molecule has 0 radical (unpaired) electrons. The van der Waals surface area contributed by atoms with Gasteiger partial charge in [-0.1, -0.05) is 42.0 Å². The maximum Gasteiger partial charge on any atom is 0.269 e. The van der Waals surface area contributed by atoms with Crippen molar-refractivity contribution in [2.75, 3.05) is 0 Å². The van der Waals surface area contributed by atoms with Crippen molar-refractivity contribution in [3.63, 3.8) is 0 Å². The van der Waals surface area contributed by atoms with Crippen molar-refractivity contribution in [1.29, 1.82) is 0 Å². The Hall–Kier alpha value is -2.77. The predicted octanol–water partition coefficient (Wildman–Crippen LogP) is 5.87. The Morgan fingerprint density at radius 2 is 1.81 bits per heavy atom. The van der Waals surface area contributed by atoms with Crippen LogP contribution >= 0.6 is 23.1 Å². The van der Waals surface area contributed by atoms with Crippen molar-refractivity contribution >= 4 is 39.0 Å². The van der Waals surface area contributed by atoms with Gasteiger partial charge in [0.2, 0.25) is 0 Å². The number of fused-ring (bicyclic) bond motifs is 1. The van der Waals surface area contributed by atoms with E-state index in [1.165, 1.54) is 17.7 Å². The second kappa shape index (κ2) is 7.46. The first-order valence-electron chi connectivity index (χ1n) is 8.27. The topological polar surface area (TPSA) is 68.9 Å². The van der Waals surface area contributed by atoms with E-state index in [1.54, 1.807) is 41.6 Å². The Bertz CT molecular complexity index is 1110. The third kappa shape index (κ3) is 3.70. The molecule has 0 unspecified atom stereocenters. The number of thiophene rings is 1. The highest BCUT2D eigenvalue weighted by molar-refractivity contribution is 7.98. The standard InChI is InChI=1S/C20H15N3O2S2/c1-13-2-6-15(7-3-13)17-11-27-20-18(17)19(21-12-22-20)26-10-14-4-8-16(9-5-14)23(24)25/h2-9,11-12H,10H2,1H3. The summed E-state index contributed by atoms with van der Waals surface area (Å²) in [7, 11) is 0. The number of rotatable bonds is 5. The second-order valence-electron chi connectivity index (χ2n) is 6.09. The van der Waals surface area contributed by atoms with Crippen molar-refractivity contribution in [1.82, 2.24) is 9.97 Å². The molecule has 27 heavy (non-hydrogen) atoms. The summed E-state index contributed by atoms with van der Waals surface area (Å²) in [6, 6.07) is 15.1. The predicted molar refractivity (Wildman–Crippen MR) is 110 cm³/mol. The lowest BCUT2D eigenvalue weighted by Gasteiger charge is -2.06. The van der Waals surface area contributed by atoms with Gasteiger partial charge in [0.1, 0.15) is 16.2 Å². The Morgan fingerprint density at radius 1 is 1.07 bits per heavy atom. The van der Waals surface area contributed by atoms with Gasteiger partial charge in [-0.25, -0.2) is 9.97 Å². The first-order valence-corrected chi connectivity index (χ1v) is 10.1.